The van der Waals surface area contributed by atoms with Crippen molar-refractivity contribution in [2.24, 2.45) is 0 Å². The van der Waals surface area contributed by atoms with Crippen molar-refractivity contribution in [1.29, 1.82) is 0 Å². The summed E-state index contributed by atoms with van der Waals surface area (Å²) < 4.78 is 6.92. The maximum absolute atomic E-state index is 5.68. The number of aromatic nitrogens is 1. The Hall–Kier alpha value is -2.39. The summed E-state index contributed by atoms with van der Waals surface area (Å²) in [4.78, 5) is 5.70. The van der Waals surface area contributed by atoms with E-state index in [-0.39, 0.29) is 0 Å². The molecule has 0 N–H and O–H groups in total. The molecule has 0 aliphatic rings. The lowest BCUT2D eigenvalue weighted by atomic mass is 10.1. The van der Waals surface area contributed by atoms with E-state index in [2.05, 4.69) is 47.4 Å². The number of pyridine rings is 1. The molecule has 0 radical (unpaired) electrons. The van der Waals surface area contributed by atoms with Gasteiger partial charge in [-0.3, -0.25) is 4.98 Å². The van der Waals surface area contributed by atoms with Gasteiger partial charge in [-0.25, -0.2) is 0 Å². The molecule has 0 amide bonds. The van der Waals surface area contributed by atoms with E-state index < -0.39 is 0 Å². The number of ether oxygens (including phenoxy) is 1. The fraction of sp³-hybridized carbons (Fsp3) is 0.0556. The van der Waals surface area contributed by atoms with Crippen LogP contribution in [-0.4, -0.2) is 12.1 Å². The lowest BCUT2D eigenvalue weighted by Crippen LogP contribution is -1.86. The average Bonchev–Trinajstić information content (AvgIpc) is 2.92. The van der Waals surface area contributed by atoms with Crippen LogP contribution in [0.25, 0.3) is 31.4 Å². The van der Waals surface area contributed by atoms with Crippen LogP contribution in [0.5, 0.6) is 5.75 Å². The number of nitrogens with zero attached hydrogens (tertiary/aromatic N) is 1. The summed E-state index contributed by atoms with van der Waals surface area (Å²) in [5.41, 5.74) is 2.15. The van der Waals surface area contributed by atoms with Gasteiger partial charge in [0, 0.05) is 27.2 Å². The summed E-state index contributed by atoms with van der Waals surface area (Å²) in [5, 5.41) is 2.31. The van der Waals surface area contributed by atoms with Crippen LogP contribution in [0.2, 0.25) is 0 Å². The Bertz CT molecular complexity index is 937. The highest BCUT2D eigenvalue weighted by Gasteiger charge is 2.16. The molecule has 0 fully saturated rings. The average molecular weight is 291 g/mol. The van der Waals surface area contributed by atoms with E-state index in [4.69, 9.17) is 4.74 Å². The predicted octanol–water partition coefficient (Wildman–Crippen LogP) is 5.13. The van der Waals surface area contributed by atoms with Crippen molar-refractivity contribution in [3.8, 4) is 16.2 Å². The molecule has 0 saturated heterocycles. The molecule has 2 aromatic carbocycles. The van der Waals surface area contributed by atoms with Gasteiger partial charge in [-0.05, 0) is 18.2 Å². The van der Waals surface area contributed by atoms with E-state index in [1.54, 1.807) is 18.4 Å². The van der Waals surface area contributed by atoms with Crippen molar-refractivity contribution in [2.75, 3.05) is 7.11 Å². The Morgan fingerprint density at radius 2 is 1.81 bits per heavy atom. The van der Waals surface area contributed by atoms with Gasteiger partial charge in [0.2, 0.25) is 0 Å². The summed E-state index contributed by atoms with van der Waals surface area (Å²) in [5.74, 6) is 0.939. The molecule has 3 heteroatoms. The van der Waals surface area contributed by atoms with Crippen LogP contribution in [0.15, 0.2) is 60.8 Å². The molecule has 0 spiro atoms. The molecule has 2 nitrogen and oxygen atoms in total. The van der Waals surface area contributed by atoms with Crippen LogP contribution < -0.4 is 4.74 Å². The van der Waals surface area contributed by atoms with E-state index in [1.165, 1.54) is 4.70 Å². The van der Waals surface area contributed by atoms with Crippen molar-refractivity contribution in [1.82, 2.24) is 4.98 Å². The number of fused-ring (bicyclic) bond motifs is 2. The lowest BCUT2D eigenvalue weighted by Gasteiger charge is -2.06. The van der Waals surface area contributed by atoms with E-state index >= 15 is 0 Å². The second-order valence-corrected chi connectivity index (χ2v) is 5.89. The highest BCUT2D eigenvalue weighted by atomic mass is 32.1. The van der Waals surface area contributed by atoms with Gasteiger partial charge in [-0.15, -0.1) is 11.3 Å². The fourth-order valence-electron chi connectivity index (χ4n) is 2.69. The largest absolute Gasteiger partial charge is 0.495 e. The third kappa shape index (κ3) is 1.89. The highest BCUT2D eigenvalue weighted by molar-refractivity contribution is 7.22. The summed E-state index contributed by atoms with van der Waals surface area (Å²) in [7, 11) is 1.73. The Balaban J connectivity index is 2.09. The SMILES string of the molecule is COc1c(-c2cccc3cccnc23)sc2ccccc12. The first kappa shape index (κ1) is 12.4. The van der Waals surface area contributed by atoms with Gasteiger partial charge in [-0.2, -0.15) is 0 Å². The summed E-state index contributed by atoms with van der Waals surface area (Å²) in [6.07, 6.45) is 1.84. The van der Waals surface area contributed by atoms with Crippen molar-refractivity contribution in [3.05, 3.63) is 60.8 Å². The van der Waals surface area contributed by atoms with Crippen LogP contribution in [0.1, 0.15) is 0 Å². The highest BCUT2D eigenvalue weighted by Crippen LogP contribution is 2.45. The van der Waals surface area contributed by atoms with Crippen LogP contribution in [0.3, 0.4) is 0 Å². The Kier molecular flexibility index (Phi) is 2.86. The minimum Gasteiger partial charge on any atom is -0.495 e. The number of thiophene rings is 1. The van der Waals surface area contributed by atoms with Crippen LogP contribution in [0.4, 0.5) is 0 Å². The molecule has 2 heterocycles. The number of benzene rings is 2. The lowest BCUT2D eigenvalue weighted by molar-refractivity contribution is 0.423. The quantitative estimate of drug-likeness (QED) is 0.511. The zero-order valence-electron chi connectivity index (χ0n) is 11.5. The summed E-state index contributed by atoms with van der Waals surface area (Å²) in [6.45, 7) is 0. The zero-order valence-corrected chi connectivity index (χ0v) is 12.4. The monoisotopic (exact) mass is 291 g/mol. The van der Waals surface area contributed by atoms with Gasteiger partial charge < -0.3 is 4.74 Å². The molecule has 0 aliphatic carbocycles. The van der Waals surface area contributed by atoms with Crippen LogP contribution >= 0.6 is 11.3 Å². The second kappa shape index (κ2) is 4.86. The van der Waals surface area contributed by atoms with E-state index in [0.717, 1.165) is 32.5 Å². The topological polar surface area (TPSA) is 22.1 Å². The number of methoxy groups -OCH3 is 1. The molecule has 4 aromatic rings. The molecule has 0 bridgehead atoms. The predicted molar refractivity (Wildman–Crippen MR) is 89.1 cm³/mol. The number of rotatable bonds is 2. The van der Waals surface area contributed by atoms with Gasteiger partial charge in [0.05, 0.1) is 17.5 Å². The Morgan fingerprint density at radius 1 is 0.952 bits per heavy atom. The van der Waals surface area contributed by atoms with E-state index in [9.17, 15) is 0 Å². The second-order valence-electron chi connectivity index (χ2n) is 4.84. The molecule has 0 aliphatic heterocycles. The molecule has 21 heavy (non-hydrogen) atoms. The molecule has 0 atom stereocenters. The first-order valence-corrected chi connectivity index (χ1v) is 7.60. The number of para-hydroxylation sites is 1. The zero-order chi connectivity index (χ0) is 14.2. The maximum atomic E-state index is 5.68. The first-order chi connectivity index (χ1) is 10.4. The number of hydrogen-bond acceptors (Lipinski definition) is 3. The molecular formula is C18H13NOS. The van der Waals surface area contributed by atoms with E-state index in [1.807, 2.05) is 18.3 Å². The Labute approximate surface area is 126 Å². The van der Waals surface area contributed by atoms with Crippen molar-refractivity contribution < 1.29 is 4.74 Å². The minimum atomic E-state index is 0.939. The van der Waals surface area contributed by atoms with Gasteiger partial charge in [0.25, 0.3) is 0 Å². The molecule has 2 aromatic heterocycles. The molecular weight excluding hydrogens is 278 g/mol. The molecule has 4 rings (SSSR count). The Morgan fingerprint density at radius 3 is 2.71 bits per heavy atom. The molecule has 0 unspecified atom stereocenters. The maximum Gasteiger partial charge on any atom is 0.145 e. The van der Waals surface area contributed by atoms with Gasteiger partial charge in [0.15, 0.2) is 0 Å². The van der Waals surface area contributed by atoms with Crippen molar-refractivity contribution in [2.45, 2.75) is 0 Å². The number of hydrogen-bond donors (Lipinski definition) is 0. The van der Waals surface area contributed by atoms with Gasteiger partial charge in [0.1, 0.15) is 5.75 Å². The molecule has 0 saturated carbocycles. The van der Waals surface area contributed by atoms with Gasteiger partial charge in [-0.1, -0.05) is 36.4 Å². The van der Waals surface area contributed by atoms with Crippen LogP contribution in [-0.2, 0) is 0 Å². The standard InChI is InChI=1S/C18H13NOS/c1-20-17-13-8-2-3-10-15(13)21-18(17)14-9-4-6-12-7-5-11-19-16(12)14/h2-11H,1H3. The smallest absolute Gasteiger partial charge is 0.145 e. The van der Waals surface area contributed by atoms with Crippen molar-refractivity contribution in [3.63, 3.8) is 0 Å². The van der Waals surface area contributed by atoms with Crippen molar-refractivity contribution >= 4 is 32.3 Å². The fourth-order valence-corrected chi connectivity index (χ4v) is 3.89. The van der Waals surface area contributed by atoms with E-state index in [0.29, 0.717) is 0 Å². The summed E-state index contributed by atoms with van der Waals surface area (Å²) >= 11 is 1.75. The third-order valence-corrected chi connectivity index (χ3v) is 4.82. The first-order valence-electron chi connectivity index (χ1n) is 6.78. The normalized spacial score (nSPS) is 11.1. The minimum absolute atomic E-state index is 0.939. The van der Waals surface area contributed by atoms with Gasteiger partial charge >= 0.3 is 0 Å². The summed E-state index contributed by atoms with van der Waals surface area (Å²) in [6, 6.07) is 18.7. The molecule has 102 valence electrons. The third-order valence-electron chi connectivity index (χ3n) is 3.63. The van der Waals surface area contributed by atoms with Crippen LogP contribution in [0, 0.1) is 0 Å².